The Morgan fingerprint density at radius 1 is 1.40 bits per heavy atom. The van der Waals surface area contributed by atoms with Crippen LogP contribution in [0.2, 0.25) is 0 Å². The Hall–Kier alpha value is -0.950. The van der Waals surface area contributed by atoms with Gasteiger partial charge in [0.1, 0.15) is 0 Å². The Morgan fingerprint density at radius 2 is 2.05 bits per heavy atom. The van der Waals surface area contributed by atoms with E-state index >= 15 is 0 Å². The van der Waals surface area contributed by atoms with Crippen molar-refractivity contribution in [1.29, 1.82) is 0 Å². The second-order valence-electron chi connectivity index (χ2n) is 5.09. The molecule has 7 heteroatoms. The standard InChI is InChI=1S/C13H24N2O4S/c1-3-10(8-20-2)15-12(18)14-9-13(11(16)17)4-6-19-7-5-13/h10H,3-9H2,1-2H3,(H,16,17)(H2,14,15,18). The Labute approximate surface area is 124 Å². The van der Waals surface area contributed by atoms with Gasteiger partial charge >= 0.3 is 12.0 Å². The van der Waals surface area contributed by atoms with Gasteiger partial charge < -0.3 is 20.5 Å². The van der Waals surface area contributed by atoms with Gasteiger partial charge in [0.2, 0.25) is 0 Å². The van der Waals surface area contributed by atoms with Gasteiger partial charge in [-0.05, 0) is 25.5 Å². The lowest BCUT2D eigenvalue weighted by atomic mass is 9.80. The number of carboxylic acid groups (broad SMARTS) is 1. The fourth-order valence-electron chi connectivity index (χ4n) is 2.18. The highest BCUT2D eigenvalue weighted by atomic mass is 32.2. The summed E-state index contributed by atoms with van der Waals surface area (Å²) < 4.78 is 5.20. The van der Waals surface area contributed by atoms with Crippen LogP contribution in [0, 0.1) is 5.41 Å². The summed E-state index contributed by atoms with van der Waals surface area (Å²) in [7, 11) is 0. The smallest absolute Gasteiger partial charge is 0.315 e. The average molecular weight is 304 g/mol. The van der Waals surface area contributed by atoms with Crippen molar-refractivity contribution in [1.82, 2.24) is 10.6 Å². The predicted octanol–water partition coefficient (Wildman–Crippen LogP) is 1.31. The number of rotatable bonds is 7. The van der Waals surface area contributed by atoms with Crippen LogP contribution in [-0.2, 0) is 9.53 Å². The van der Waals surface area contributed by atoms with Gasteiger partial charge in [-0.3, -0.25) is 4.79 Å². The highest BCUT2D eigenvalue weighted by Gasteiger charge is 2.40. The Bertz CT molecular complexity index is 332. The molecule has 0 spiro atoms. The lowest BCUT2D eigenvalue weighted by Gasteiger charge is -2.33. The lowest BCUT2D eigenvalue weighted by molar-refractivity contribution is -0.154. The predicted molar refractivity (Wildman–Crippen MR) is 79.1 cm³/mol. The number of ether oxygens (including phenoxy) is 1. The largest absolute Gasteiger partial charge is 0.481 e. The molecular formula is C13H24N2O4S. The Kier molecular flexibility index (Phi) is 7.15. The zero-order valence-electron chi connectivity index (χ0n) is 12.1. The first kappa shape index (κ1) is 17.1. The van der Waals surface area contributed by atoms with Crippen molar-refractivity contribution in [2.45, 2.75) is 32.2 Å². The number of hydrogen-bond acceptors (Lipinski definition) is 4. The number of carboxylic acids is 1. The van der Waals surface area contributed by atoms with Crippen LogP contribution < -0.4 is 10.6 Å². The highest BCUT2D eigenvalue weighted by molar-refractivity contribution is 7.98. The van der Waals surface area contributed by atoms with Gasteiger partial charge in [0, 0.05) is 31.6 Å². The number of carbonyl (C=O) groups is 2. The van der Waals surface area contributed by atoms with Crippen LogP contribution in [-0.4, -0.2) is 54.9 Å². The van der Waals surface area contributed by atoms with E-state index in [4.69, 9.17) is 4.74 Å². The Balaban J connectivity index is 2.46. The summed E-state index contributed by atoms with van der Waals surface area (Å²) in [5.74, 6) is -0.0146. The SMILES string of the molecule is CCC(CSC)NC(=O)NCC1(C(=O)O)CCOCC1. The fourth-order valence-corrected chi connectivity index (χ4v) is 2.90. The summed E-state index contributed by atoms with van der Waals surface area (Å²) in [6.07, 6.45) is 3.71. The molecule has 3 N–H and O–H groups in total. The third-order valence-corrected chi connectivity index (χ3v) is 4.42. The molecule has 6 nitrogen and oxygen atoms in total. The minimum absolute atomic E-state index is 0.112. The molecule has 0 aromatic rings. The van der Waals surface area contributed by atoms with E-state index in [1.54, 1.807) is 11.8 Å². The highest BCUT2D eigenvalue weighted by Crippen LogP contribution is 2.29. The van der Waals surface area contributed by atoms with Crippen LogP contribution in [0.15, 0.2) is 0 Å². The second-order valence-corrected chi connectivity index (χ2v) is 6.00. The van der Waals surface area contributed by atoms with E-state index in [0.29, 0.717) is 26.1 Å². The molecule has 116 valence electrons. The topological polar surface area (TPSA) is 87.7 Å². The molecule has 20 heavy (non-hydrogen) atoms. The summed E-state index contributed by atoms with van der Waals surface area (Å²) in [6, 6.07) is -0.182. The molecule has 1 fully saturated rings. The quantitative estimate of drug-likeness (QED) is 0.660. The van der Waals surface area contributed by atoms with Crippen LogP contribution in [0.4, 0.5) is 4.79 Å². The maximum absolute atomic E-state index is 11.8. The first-order chi connectivity index (χ1) is 9.54. The van der Waals surface area contributed by atoms with Crippen LogP contribution in [0.25, 0.3) is 0 Å². The number of thioether (sulfide) groups is 1. The van der Waals surface area contributed by atoms with Gasteiger partial charge in [-0.2, -0.15) is 11.8 Å². The third kappa shape index (κ3) is 4.86. The van der Waals surface area contributed by atoms with Crippen LogP contribution in [0.1, 0.15) is 26.2 Å². The van der Waals surface area contributed by atoms with E-state index in [0.717, 1.165) is 12.2 Å². The molecule has 1 heterocycles. The van der Waals surface area contributed by atoms with E-state index in [-0.39, 0.29) is 18.6 Å². The molecule has 1 aliphatic heterocycles. The molecule has 0 bridgehead atoms. The maximum atomic E-state index is 11.8. The third-order valence-electron chi connectivity index (χ3n) is 3.69. The molecule has 1 unspecified atom stereocenters. The summed E-state index contributed by atoms with van der Waals surface area (Å²) in [6.45, 7) is 3.02. The van der Waals surface area contributed by atoms with Crippen LogP contribution >= 0.6 is 11.8 Å². The van der Waals surface area contributed by atoms with Crippen molar-refractivity contribution < 1.29 is 19.4 Å². The minimum atomic E-state index is -0.892. The molecule has 0 radical (unpaired) electrons. The number of carbonyl (C=O) groups excluding carboxylic acids is 1. The summed E-state index contributed by atoms with van der Waals surface area (Å²) >= 11 is 1.67. The van der Waals surface area contributed by atoms with Gasteiger partial charge in [0.05, 0.1) is 5.41 Å². The van der Waals surface area contributed by atoms with Gasteiger partial charge in [-0.1, -0.05) is 6.92 Å². The molecule has 1 aliphatic rings. The Morgan fingerprint density at radius 3 is 2.55 bits per heavy atom. The number of amides is 2. The number of aliphatic carboxylic acids is 1. The van der Waals surface area contributed by atoms with Gasteiger partial charge in [-0.15, -0.1) is 0 Å². The molecule has 1 rings (SSSR count). The van der Waals surface area contributed by atoms with Crippen molar-refractivity contribution in [2.24, 2.45) is 5.41 Å². The summed E-state index contributed by atoms with van der Waals surface area (Å²) in [5.41, 5.74) is -0.892. The molecule has 0 aliphatic carbocycles. The van der Waals surface area contributed by atoms with Crippen LogP contribution in [0.3, 0.4) is 0 Å². The summed E-state index contributed by atoms with van der Waals surface area (Å²) in [5, 5.41) is 15.0. The monoisotopic (exact) mass is 304 g/mol. The fraction of sp³-hybridized carbons (Fsp3) is 0.846. The molecular weight excluding hydrogens is 280 g/mol. The molecule has 2 amide bonds. The first-order valence-electron chi connectivity index (χ1n) is 6.88. The molecule has 1 saturated heterocycles. The lowest BCUT2D eigenvalue weighted by Crippen LogP contribution is -2.50. The molecule has 0 aromatic heterocycles. The number of nitrogens with one attached hydrogen (secondary N) is 2. The van der Waals surface area contributed by atoms with Gasteiger partial charge in [-0.25, -0.2) is 4.79 Å². The van der Waals surface area contributed by atoms with Crippen LogP contribution in [0.5, 0.6) is 0 Å². The maximum Gasteiger partial charge on any atom is 0.315 e. The van der Waals surface area contributed by atoms with Crippen molar-refractivity contribution >= 4 is 23.8 Å². The number of urea groups is 1. The van der Waals surface area contributed by atoms with E-state index < -0.39 is 11.4 Å². The van der Waals surface area contributed by atoms with Crippen molar-refractivity contribution in [3.63, 3.8) is 0 Å². The van der Waals surface area contributed by atoms with E-state index in [1.807, 2.05) is 13.2 Å². The van der Waals surface area contributed by atoms with Crippen molar-refractivity contribution in [3.8, 4) is 0 Å². The minimum Gasteiger partial charge on any atom is -0.481 e. The summed E-state index contributed by atoms with van der Waals surface area (Å²) in [4.78, 5) is 23.3. The van der Waals surface area contributed by atoms with Crippen molar-refractivity contribution in [3.05, 3.63) is 0 Å². The number of hydrogen-bond donors (Lipinski definition) is 3. The zero-order valence-corrected chi connectivity index (χ0v) is 12.9. The zero-order chi connectivity index (χ0) is 15.0. The van der Waals surface area contributed by atoms with Gasteiger partial charge in [0.25, 0.3) is 0 Å². The van der Waals surface area contributed by atoms with Gasteiger partial charge in [0.15, 0.2) is 0 Å². The molecule has 0 aromatic carbocycles. The van der Waals surface area contributed by atoms with E-state index in [2.05, 4.69) is 10.6 Å². The van der Waals surface area contributed by atoms with E-state index in [1.165, 1.54) is 0 Å². The first-order valence-corrected chi connectivity index (χ1v) is 8.28. The molecule has 1 atom stereocenters. The second kappa shape index (κ2) is 8.36. The normalized spacial score (nSPS) is 19.1. The van der Waals surface area contributed by atoms with Crippen molar-refractivity contribution in [2.75, 3.05) is 31.8 Å². The van der Waals surface area contributed by atoms with E-state index in [9.17, 15) is 14.7 Å². The molecule has 0 saturated carbocycles. The average Bonchev–Trinajstić information content (AvgIpc) is 2.45.